The van der Waals surface area contributed by atoms with Gasteiger partial charge in [-0.15, -0.1) is 11.3 Å². The van der Waals surface area contributed by atoms with Crippen LogP contribution in [-0.4, -0.2) is 35.5 Å². The van der Waals surface area contributed by atoms with E-state index in [4.69, 9.17) is 9.47 Å². The summed E-state index contributed by atoms with van der Waals surface area (Å²) < 4.78 is 10.8. The first-order valence-corrected chi connectivity index (χ1v) is 11.3. The predicted molar refractivity (Wildman–Crippen MR) is 127 cm³/mol. The topological polar surface area (TPSA) is 89.0 Å². The van der Waals surface area contributed by atoms with Crippen LogP contribution in [0.1, 0.15) is 34.7 Å². The van der Waals surface area contributed by atoms with Crippen molar-refractivity contribution in [2.75, 3.05) is 18.6 Å². The zero-order valence-corrected chi connectivity index (χ0v) is 19.6. The molecule has 2 heterocycles. The van der Waals surface area contributed by atoms with E-state index in [-0.39, 0.29) is 11.3 Å². The van der Waals surface area contributed by atoms with Crippen molar-refractivity contribution in [2.24, 2.45) is 0 Å². The first-order chi connectivity index (χ1) is 15.8. The van der Waals surface area contributed by atoms with Crippen LogP contribution in [0.5, 0.6) is 11.5 Å². The fraction of sp³-hybridized carbons (Fsp3) is 0.240. The summed E-state index contributed by atoms with van der Waals surface area (Å²) in [6.07, 6.45) is 0. The van der Waals surface area contributed by atoms with E-state index >= 15 is 0 Å². The average molecular weight is 465 g/mol. The van der Waals surface area contributed by atoms with Crippen molar-refractivity contribution in [1.29, 1.82) is 0 Å². The molecule has 0 unspecified atom stereocenters. The molecule has 170 valence electrons. The van der Waals surface area contributed by atoms with E-state index in [2.05, 4.69) is 4.98 Å². The van der Waals surface area contributed by atoms with E-state index in [1.807, 2.05) is 20.8 Å². The molecule has 4 rings (SSSR count). The number of methoxy groups -OCH3 is 1. The van der Waals surface area contributed by atoms with Gasteiger partial charge in [-0.25, -0.2) is 4.98 Å². The highest BCUT2D eigenvalue weighted by atomic mass is 32.1. The molecule has 8 heteroatoms. The molecule has 1 saturated heterocycles. The third kappa shape index (κ3) is 4.09. The van der Waals surface area contributed by atoms with E-state index < -0.39 is 17.7 Å². The molecule has 0 saturated carbocycles. The number of thiazole rings is 1. The Morgan fingerprint density at radius 1 is 1.12 bits per heavy atom. The molecule has 2 aromatic carbocycles. The molecule has 0 bridgehead atoms. The fourth-order valence-corrected chi connectivity index (χ4v) is 4.68. The number of benzene rings is 2. The molecule has 0 radical (unpaired) electrons. The predicted octanol–water partition coefficient (Wildman–Crippen LogP) is 4.79. The van der Waals surface area contributed by atoms with E-state index in [0.29, 0.717) is 34.4 Å². The summed E-state index contributed by atoms with van der Waals surface area (Å²) in [7, 11) is 1.55. The summed E-state index contributed by atoms with van der Waals surface area (Å²) >= 11 is 1.33. The lowest BCUT2D eigenvalue weighted by Crippen LogP contribution is -2.29. The summed E-state index contributed by atoms with van der Waals surface area (Å²) in [4.78, 5) is 33.2. The van der Waals surface area contributed by atoms with Crippen molar-refractivity contribution >= 4 is 33.9 Å². The van der Waals surface area contributed by atoms with Crippen LogP contribution in [0.2, 0.25) is 0 Å². The van der Waals surface area contributed by atoms with E-state index in [0.717, 1.165) is 10.6 Å². The van der Waals surface area contributed by atoms with Crippen molar-refractivity contribution in [3.05, 3.63) is 75.8 Å². The SMILES string of the molecule is CCOc1ccc(/C(O)=C2\C(=O)C(=O)N(c3nc(C)c(C)s3)[C@H]2c2cccc(OC)c2)cc1. The van der Waals surface area contributed by atoms with Crippen molar-refractivity contribution in [1.82, 2.24) is 4.98 Å². The van der Waals surface area contributed by atoms with Gasteiger partial charge in [-0.05, 0) is 62.7 Å². The van der Waals surface area contributed by atoms with Crippen molar-refractivity contribution in [2.45, 2.75) is 26.8 Å². The highest BCUT2D eigenvalue weighted by Crippen LogP contribution is 2.44. The van der Waals surface area contributed by atoms with E-state index in [9.17, 15) is 14.7 Å². The van der Waals surface area contributed by atoms with Gasteiger partial charge in [0.2, 0.25) is 0 Å². The van der Waals surface area contributed by atoms with Gasteiger partial charge in [0.05, 0.1) is 31.0 Å². The number of amides is 1. The van der Waals surface area contributed by atoms with Gasteiger partial charge >= 0.3 is 5.91 Å². The maximum absolute atomic E-state index is 13.2. The number of nitrogens with zero attached hydrogens (tertiary/aromatic N) is 2. The Kier molecular flexibility index (Phi) is 6.20. The minimum absolute atomic E-state index is 0.00270. The Balaban J connectivity index is 1.90. The second-order valence-electron chi connectivity index (χ2n) is 7.54. The molecule has 1 aromatic heterocycles. The first kappa shape index (κ1) is 22.5. The van der Waals surface area contributed by atoms with Crippen LogP contribution in [0.4, 0.5) is 5.13 Å². The van der Waals surface area contributed by atoms with Gasteiger partial charge < -0.3 is 14.6 Å². The van der Waals surface area contributed by atoms with Crippen LogP contribution in [-0.2, 0) is 9.59 Å². The standard InChI is InChI=1S/C25H24N2O5S/c1-5-32-18-11-9-16(10-12-18)22(28)20-21(17-7-6-8-19(13-17)31-4)27(24(30)23(20)29)25-26-14(2)15(3)33-25/h6-13,21,28H,5H2,1-4H3/b22-20+/t21-/m0/s1. The Bertz CT molecular complexity index is 1230. The van der Waals surface area contributed by atoms with Crippen LogP contribution in [0, 0.1) is 13.8 Å². The molecule has 7 nitrogen and oxygen atoms in total. The number of anilines is 1. The van der Waals surface area contributed by atoms with Crippen molar-refractivity contribution in [3.63, 3.8) is 0 Å². The molecule has 1 fully saturated rings. The molecular formula is C25H24N2O5S. The van der Waals surface area contributed by atoms with Gasteiger partial charge in [0.15, 0.2) is 5.13 Å². The Labute approximate surface area is 195 Å². The zero-order chi connectivity index (χ0) is 23.7. The van der Waals surface area contributed by atoms with Crippen LogP contribution in [0.15, 0.2) is 54.1 Å². The Morgan fingerprint density at radius 2 is 1.85 bits per heavy atom. The number of aliphatic hydroxyl groups excluding tert-OH is 1. The molecular weight excluding hydrogens is 440 g/mol. The smallest absolute Gasteiger partial charge is 0.301 e. The summed E-state index contributed by atoms with van der Waals surface area (Å²) in [6, 6.07) is 13.0. The van der Waals surface area contributed by atoms with E-state index in [1.165, 1.54) is 16.2 Å². The third-order valence-corrected chi connectivity index (χ3v) is 6.59. The number of carbonyl (C=O) groups is 2. The molecule has 33 heavy (non-hydrogen) atoms. The molecule has 3 aromatic rings. The fourth-order valence-electron chi connectivity index (χ4n) is 3.75. The molecule has 1 atom stereocenters. The second-order valence-corrected chi connectivity index (χ2v) is 8.72. The minimum atomic E-state index is -0.850. The van der Waals surface area contributed by atoms with Gasteiger partial charge in [0.1, 0.15) is 17.3 Å². The molecule has 0 aliphatic carbocycles. The number of carbonyl (C=O) groups excluding carboxylic acids is 2. The van der Waals surface area contributed by atoms with Crippen LogP contribution < -0.4 is 14.4 Å². The molecule has 1 aliphatic rings. The number of hydrogen-bond donors (Lipinski definition) is 1. The summed E-state index contributed by atoms with van der Waals surface area (Å²) in [5.74, 6) is -0.529. The lowest BCUT2D eigenvalue weighted by atomic mass is 9.95. The quantitative estimate of drug-likeness (QED) is 0.320. The lowest BCUT2D eigenvalue weighted by Gasteiger charge is -2.23. The largest absolute Gasteiger partial charge is 0.507 e. The molecule has 1 aliphatic heterocycles. The number of aromatic nitrogens is 1. The van der Waals surface area contributed by atoms with Gasteiger partial charge in [-0.1, -0.05) is 12.1 Å². The van der Waals surface area contributed by atoms with Crippen LogP contribution in [0.25, 0.3) is 5.76 Å². The van der Waals surface area contributed by atoms with Crippen LogP contribution in [0.3, 0.4) is 0 Å². The van der Waals surface area contributed by atoms with Crippen molar-refractivity contribution < 1.29 is 24.2 Å². The number of Topliss-reactive ketones (excluding diaryl/α,β-unsaturated/α-hetero) is 1. The van der Waals surface area contributed by atoms with Crippen LogP contribution >= 0.6 is 11.3 Å². The van der Waals surface area contributed by atoms with Gasteiger partial charge in [-0.2, -0.15) is 0 Å². The van der Waals surface area contributed by atoms with Gasteiger partial charge in [-0.3, -0.25) is 14.5 Å². The highest BCUT2D eigenvalue weighted by Gasteiger charge is 2.48. The number of hydrogen-bond acceptors (Lipinski definition) is 7. The summed E-state index contributed by atoms with van der Waals surface area (Å²) in [5.41, 5.74) is 1.83. The minimum Gasteiger partial charge on any atom is -0.507 e. The molecule has 1 amide bonds. The Morgan fingerprint density at radius 3 is 2.45 bits per heavy atom. The number of aliphatic hydroxyl groups is 1. The average Bonchev–Trinajstić information content (AvgIpc) is 3.29. The van der Waals surface area contributed by atoms with Crippen molar-refractivity contribution in [3.8, 4) is 11.5 Å². The molecule has 1 N–H and O–H groups in total. The Hall–Kier alpha value is -3.65. The number of aryl methyl sites for hydroxylation is 2. The molecule has 0 spiro atoms. The number of ketones is 1. The highest BCUT2D eigenvalue weighted by molar-refractivity contribution is 7.16. The summed E-state index contributed by atoms with van der Waals surface area (Å²) in [5, 5.41) is 11.6. The number of ether oxygens (including phenoxy) is 2. The normalized spacial score (nSPS) is 17.5. The maximum atomic E-state index is 13.2. The second kappa shape index (κ2) is 9.07. The maximum Gasteiger partial charge on any atom is 0.301 e. The van der Waals surface area contributed by atoms with Gasteiger partial charge in [0, 0.05) is 10.4 Å². The van der Waals surface area contributed by atoms with Gasteiger partial charge in [0.25, 0.3) is 5.78 Å². The first-order valence-electron chi connectivity index (χ1n) is 10.5. The third-order valence-electron chi connectivity index (χ3n) is 5.52. The van der Waals surface area contributed by atoms with E-state index in [1.54, 1.807) is 55.6 Å². The monoisotopic (exact) mass is 464 g/mol. The zero-order valence-electron chi connectivity index (χ0n) is 18.8. The lowest BCUT2D eigenvalue weighted by molar-refractivity contribution is -0.132. The number of rotatable bonds is 6. The summed E-state index contributed by atoms with van der Waals surface area (Å²) in [6.45, 7) is 6.16.